The smallest absolute Gasteiger partial charge is 0.0121 e. The van der Waals surface area contributed by atoms with E-state index in [1.807, 2.05) is 0 Å². The summed E-state index contributed by atoms with van der Waals surface area (Å²) in [7, 11) is 2.26. The minimum absolute atomic E-state index is 0.856. The summed E-state index contributed by atoms with van der Waals surface area (Å²) in [5, 5.41) is 0. The van der Waals surface area contributed by atoms with Crippen LogP contribution in [0.1, 0.15) is 33.6 Å². The fourth-order valence-electron chi connectivity index (χ4n) is 2.72. The number of hydrogen-bond acceptors (Lipinski definition) is 1. The molecule has 1 nitrogen and oxygen atoms in total. The molecule has 66 valence electrons. The van der Waals surface area contributed by atoms with Crippen LogP contribution < -0.4 is 0 Å². The SMILES string of the molecule is CCC1C(C)CN(C)C1CC. The van der Waals surface area contributed by atoms with Gasteiger partial charge in [0.1, 0.15) is 0 Å². The van der Waals surface area contributed by atoms with Crippen LogP contribution >= 0.6 is 0 Å². The highest BCUT2D eigenvalue weighted by atomic mass is 15.2. The van der Waals surface area contributed by atoms with Gasteiger partial charge in [-0.05, 0) is 25.3 Å². The molecule has 1 fully saturated rings. The van der Waals surface area contributed by atoms with Gasteiger partial charge in [0.2, 0.25) is 0 Å². The van der Waals surface area contributed by atoms with Crippen LogP contribution in [0.3, 0.4) is 0 Å². The van der Waals surface area contributed by atoms with Crippen molar-refractivity contribution >= 4 is 0 Å². The van der Waals surface area contributed by atoms with Gasteiger partial charge in [-0.2, -0.15) is 0 Å². The van der Waals surface area contributed by atoms with Gasteiger partial charge in [-0.1, -0.05) is 27.2 Å². The van der Waals surface area contributed by atoms with E-state index in [1.54, 1.807) is 0 Å². The maximum atomic E-state index is 2.53. The molecule has 1 heteroatoms. The summed E-state index contributed by atoms with van der Waals surface area (Å²) in [5.41, 5.74) is 0. The Balaban J connectivity index is 2.59. The third-order valence-electron chi connectivity index (χ3n) is 3.26. The van der Waals surface area contributed by atoms with Crippen LogP contribution in [-0.4, -0.2) is 24.5 Å². The van der Waals surface area contributed by atoms with Gasteiger partial charge in [-0.3, -0.25) is 0 Å². The Morgan fingerprint density at radius 2 is 1.91 bits per heavy atom. The second kappa shape index (κ2) is 3.57. The predicted molar refractivity (Wildman–Crippen MR) is 49.7 cm³/mol. The molecule has 0 amide bonds. The largest absolute Gasteiger partial charge is 0.303 e. The Labute approximate surface area is 70.8 Å². The molecule has 3 atom stereocenters. The summed E-state index contributed by atoms with van der Waals surface area (Å²) >= 11 is 0. The standard InChI is InChI=1S/C10H21N/c1-5-9-8(3)7-11(4)10(9)6-2/h8-10H,5-7H2,1-4H3. The third-order valence-corrected chi connectivity index (χ3v) is 3.26. The van der Waals surface area contributed by atoms with Gasteiger partial charge in [0, 0.05) is 12.6 Å². The minimum atomic E-state index is 0.856. The van der Waals surface area contributed by atoms with Crippen LogP contribution in [0.15, 0.2) is 0 Å². The molecule has 0 aromatic heterocycles. The molecule has 1 aliphatic rings. The highest BCUT2D eigenvalue weighted by Crippen LogP contribution is 2.32. The lowest BCUT2D eigenvalue weighted by Crippen LogP contribution is -2.28. The quantitative estimate of drug-likeness (QED) is 0.592. The topological polar surface area (TPSA) is 3.24 Å². The van der Waals surface area contributed by atoms with E-state index >= 15 is 0 Å². The van der Waals surface area contributed by atoms with Crippen molar-refractivity contribution in [2.75, 3.05) is 13.6 Å². The molecule has 11 heavy (non-hydrogen) atoms. The van der Waals surface area contributed by atoms with Crippen molar-refractivity contribution < 1.29 is 0 Å². The van der Waals surface area contributed by atoms with Gasteiger partial charge in [0.25, 0.3) is 0 Å². The van der Waals surface area contributed by atoms with Crippen LogP contribution in [0.2, 0.25) is 0 Å². The average molecular weight is 155 g/mol. The van der Waals surface area contributed by atoms with Crippen molar-refractivity contribution in [2.45, 2.75) is 39.7 Å². The molecule has 3 unspecified atom stereocenters. The van der Waals surface area contributed by atoms with E-state index in [2.05, 4.69) is 32.7 Å². The zero-order chi connectivity index (χ0) is 8.43. The van der Waals surface area contributed by atoms with Crippen molar-refractivity contribution in [3.05, 3.63) is 0 Å². The molecule has 0 aromatic rings. The molecule has 1 aliphatic heterocycles. The lowest BCUT2D eigenvalue weighted by atomic mass is 9.88. The molecular weight excluding hydrogens is 134 g/mol. The molecule has 1 saturated heterocycles. The van der Waals surface area contributed by atoms with Crippen molar-refractivity contribution in [1.29, 1.82) is 0 Å². The van der Waals surface area contributed by atoms with Gasteiger partial charge in [-0.25, -0.2) is 0 Å². The van der Waals surface area contributed by atoms with Gasteiger partial charge >= 0.3 is 0 Å². The van der Waals surface area contributed by atoms with E-state index in [0.29, 0.717) is 0 Å². The van der Waals surface area contributed by atoms with Crippen LogP contribution in [0, 0.1) is 11.8 Å². The minimum Gasteiger partial charge on any atom is -0.303 e. The zero-order valence-corrected chi connectivity index (χ0v) is 8.30. The molecule has 0 bridgehead atoms. The molecule has 0 aliphatic carbocycles. The first-order valence-corrected chi connectivity index (χ1v) is 4.90. The fraction of sp³-hybridized carbons (Fsp3) is 1.00. The van der Waals surface area contributed by atoms with Gasteiger partial charge in [0.15, 0.2) is 0 Å². The number of hydrogen-bond donors (Lipinski definition) is 0. The Bertz CT molecular complexity index is 108. The number of likely N-dealkylation sites (tertiary alicyclic amines) is 1. The number of nitrogens with zero attached hydrogens (tertiary/aromatic N) is 1. The molecule has 0 N–H and O–H groups in total. The highest BCUT2D eigenvalue weighted by molar-refractivity contribution is 4.87. The molecule has 0 spiro atoms. The van der Waals surface area contributed by atoms with E-state index in [1.165, 1.54) is 19.4 Å². The van der Waals surface area contributed by atoms with Crippen molar-refractivity contribution in [3.63, 3.8) is 0 Å². The van der Waals surface area contributed by atoms with Gasteiger partial charge in [-0.15, -0.1) is 0 Å². The lowest BCUT2D eigenvalue weighted by Gasteiger charge is -2.23. The van der Waals surface area contributed by atoms with Crippen LogP contribution in [0.25, 0.3) is 0 Å². The van der Waals surface area contributed by atoms with E-state index in [9.17, 15) is 0 Å². The van der Waals surface area contributed by atoms with E-state index in [-0.39, 0.29) is 0 Å². The molecule has 1 heterocycles. The van der Waals surface area contributed by atoms with E-state index in [4.69, 9.17) is 0 Å². The Morgan fingerprint density at radius 1 is 1.27 bits per heavy atom. The number of rotatable bonds is 2. The van der Waals surface area contributed by atoms with Crippen LogP contribution in [0.5, 0.6) is 0 Å². The molecule has 1 rings (SSSR count). The Morgan fingerprint density at radius 3 is 2.27 bits per heavy atom. The molecule has 0 radical (unpaired) electrons. The summed E-state index contributed by atoms with van der Waals surface area (Å²) in [6.45, 7) is 8.32. The van der Waals surface area contributed by atoms with Crippen LogP contribution in [-0.2, 0) is 0 Å². The maximum absolute atomic E-state index is 2.53. The van der Waals surface area contributed by atoms with Crippen molar-refractivity contribution in [3.8, 4) is 0 Å². The Hall–Kier alpha value is -0.0400. The summed E-state index contributed by atoms with van der Waals surface area (Å²) in [5.74, 6) is 1.86. The van der Waals surface area contributed by atoms with Crippen molar-refractivity contribution in [2.24, 2.45) is 11.8 Å². The van der Waals surface area contributed by atoms with Gasteiger partial charge < -0.3 is 4.90 Å². The fourth-order valence-corrected chi connectivity index (χ4v) is 2.72. The predicted octanol–water partition coefficient (Wildman–Crippen LogP) is 2.37. The van der Waals surface area contributed by atoms with Crippen LogP contribution in [0.4, 0.5) is 0 Å². The maximum Gasteiger partial charge on any atom is 0.0121 e. The summed E-state index contributed by atoms with van der Waals surface area (Å²) < 4.78 is 0. The Kier molecular flexibility index (Phi) is 2.94. The summed E-state index contributed by atoms with van der Waals surface area (Å²) in [6, 6.07) is 0.856. The molecule has 0 aromatic carbocycles. The zero-order valence-electron chi connectivity index (χ0n) is 8.30. The first-order chi connectivity index (χ1) is 5.20. The first-order valence-electron chi connectivity index (χ1n) is 4.90. The molecule has 0 saturated carbocycles. The second-order valence-corrected chi connectivity index (χ2v) is 3.96. The normalized spacial score (nSPS) is 39.8. The van der Waals surface area contributed by atoms with E-state index in [0.717, 1.165) is 17.9 Å². The lowest BCUT2D eigenvalue weighted by molar-refractivity contribution is 0.258. The highest BCUT2D eigenvalue weighted by Gasteiger charge is 2.34. The van der Waals surface area contributed by atoms with E-state index < -0.39 is 0 Å². The third kappa shape index (κ3) is 1.58. The first kappa shape index (κ1) is 9.05. The second-order valence-electron chi connectivity index (χ2n) is 3.96. The average Bonchev–Trinajstić information content (AvgIpc) is 2.24. The van der Waals surface area contributed by atoms with Crippen molar-refractivity contribution in [1.82, 2.24) is 4.90 Å². The summed E-state index contributed by atoms with van der Waals surface area (Å²) in [4.78, 5) is 2.53. The molecular formula is C10H21N. The summed E-state index contributed by atoms with van der Waals surface area (Å²) in [6.07, 6.45) is 2.67. The van der Waals surface area contributed by atoms with Gasteiger partial charge in [0.05, 0.1) is 0 Å². The monoisotopic (exact) mass is 155 g/mol.